The van der Waals surface area contributed by atoms with Gasteiger partial charge in [0.2, 0.25) is 21.8 Å². The molecule has 3 heterocycles. The second-order valence-corrected chi connectivity index (χ2v) is 18.2. The van der Waals surface area contributed by atoms with Crippen LogP contribution in [0.3, 0.4) is 0 Å². The molecule has 5 aliphatic rings. The molecule has 0 aromatic heterocycles. The predicted octanol–water partition coefficient (Wildman–Crippen LogP) is 4.09. The number of carbonyl (C=O) groups is 5. The van der Waals surface area contributed by atoms with Crippen molar-refractivity contribution in [3.05, 3.63) is 60.0 Å². The van der Waals surface area contributed by atoms with Crippen LogP contribution in [0.2, 0.25) is 0 Å². The molecule has 5 amide bonds. The first-order valence-corrected chi connectivity index (χ1v) is 20.1. The average Bonchev–Trinajstić information content (AvgIpc) is 3.91. The number of hydrogen-bond acceptors (Lipinski definition) is 9. The smallest absolute Gasteiger partial charge is 0.410 e. The SMILES string of the molecule is C=CCC1(S(=O)(=O)NC(=O)[C@@]23C[C@H]2/C=C\CCCCC[C@H](NC(=O)OC(C)(C)C)C(=O)N2C[C@H](OC(=O)N4Cc5cccc(F)c5C4)C[C@H]2C(=O)N3)CC1. The largest absolute Gasteiger partial charge is 0.444 e. The fourth-order valence-corrected chi connectivity index (χ4v) is 9.27. The molecule has 1 saturated heterocycles. The predicted molar refractivity (Wildman–Crippen MR) is 194 cm³/mol. The first-order valence-electron chi connectivity index (χ1n) is 18.7. The van der Waals surface area contributed by atoms with E-state index in [0.29, 0.717) is 43.2 Å². The van der Waals surface area contributed by atoms with Crippen molar-refractivity contribution in [1.82, 2.24) is 25.2 Å². The number of nitrogens with zero attached hydrogens (tertiary/aromatic N) is 2. The average molecular weight is 772 g/mol. The minimum atomic E-state index is -4.11. The zero-order valence-corrected chi connectivity index (χ0v) is 31.8. The first kappa shape index (κ1) is 39.2. The molecule has 5 atom stereocenters. The van der Waals surface area contributed by atoms with E-state index in [2.05, 4.69) is 21.9 Å². The number of carbonyl (C=O) groups excluding carboxylic acids is 5. The van der Waals surface area contributed by atoms with Gasteiger partial charge in [-0.05, 0) is 77.3 Å². The lowest BCUT2D eigenvalue weighted by Crippen LogP contribution is -2.58. The number of ether oxygens (including phenoxy) is 2. The minimum Gasteiger partial charge on any atom is -0.444 e. The van der Waals surface area contributed by atoms with Gasteiger partial charge in [0.25, 0.3) is 5.91 Å². The number of rotatable bonds is 7. The van der Waals surface area contributed by atoms with E-state index in [-0.39, 0.29) is 45.3 Å². The summed E-state index contributed by atoms with van der Waals surface area (Å²) in [7, 11) is -4.11. The van der Waals surface area contributed by atoms with Crippen molar-refractivity contribution in [2.24, 2.45) is 5.92 Å². The Balaban J connectivity index is 1.26. The van der Waals surface area contributed by atoms with Crippen molar-refractivity contribution in [3.8, 4) is 0 Å². The Morgan fingerprint density at radius 1 is 1.13 bits per heavy atom. The molecule has 3 aliphatic heterocycles. The molecule has 3 fully saturated rings. The van der Waals surface area contributed by atoms with Crippen LogP contribution in [0.1, 0.15) is 96.1 Å². The summed E-state index contributed by atoms with van der Waals surface area (Å²) in [5.74, 6) is -3.15. The molecule has 16 heteroatoms. The van der Waals surface area contributed by atoms with Crippen molar-refractivity contribution in [2.75, 3.05) is 6.54 Å². The van der Waals surface area contributed by atoms with Gasteiger partial charge in [0.15, 0.2) is 0 Å². The van der Waals surface area contributed by atoms with Crippen LogP contribution in [-0.4, -0.2) is 88.7 Å². The molecule has 2 aliphatic carbocycles. The number of fused-ring (bicyclic) bond motifs is 3. The molecule has 1 aromatic rings. The van der Waals surface area contributed by atoms with Gasteiger partial charge in [-0.2, -0.15) is 0 Å². The molecule has 0 radical (unpaired) electrons. The van der Waals surface area contributed by atoms with Gasteiger partial charge in [-0.1, -0.05) is 43.2 Å². The number of allylic oxidation sites excluding steroid dienone is 2. The quantitative estimate of drug-likeness (QED) is 0.344. The van der Waals surface area contributed by atoms with Crippen molar-refractivity contribution < 1.29 is 46.3 Å². The summed E-state index contributed by atoms with van der Waals surface area (Å²) < 4.78 is 53.6. The molecule has 14 nitrogen and oxygen atoms in total. The second-order valence-electron chi connectivity index (χ2n) is 16.1. The number of alkyl carbamates (subject to hydrolysis) is 1. The normalized spacial score (nSPS) is 28.5. The number of hydrogen-bond donors (Lipinski definition) is 3. The summed E-state index contributed by atoms with van der Waals surface area (Å²) in [5, 5.41) is 5.48. The fourth-order valence-electron chi connectivity index (χ4n) is 7.65. The minimum absolute atomic E-state index is 0.00840. The highest BCUT2D eigenvalue weighted by molar-refractivity contribution is 7.91. The highest BCUT2D eigenvalue weighted by Gasteiger charge is 2.63. The van der Waals surface area contributed by atoms with E-state index in [1.54, 1.807) is 32.9 Å². The van der Waals surface area contributed by atoms with Crippen molar-refractivity contribution >= 4 is 39.9 Å². The van der Waals surface area contributed by atoms with Gasteiger partial charge in [-0.15, -0.1) is 6.58 Å². The molecular formula is C38H50FN5O9S. The van der Waals surface area contributed by atoms with Crippen LogP contribution in [0.15, 0.2) is 43.0 Å². The number of nitrogens with one attached hydrogen (secondary N) is 3. The van der Waals surface area contributed by atoms with Gasteiger partial charge in [0.05, 0.1) is 17.8 Å². The van der Waals surface area contributed by atoms with Crippen LogP contribution in [0.25, 0.3) is 0 Å². The zero-order valence-electron chi connectivity index (χ0n) is 31.0. The lowest BCUT2D eigenvalue weighted by atomic mass is 10.0. The highest BCUT2D eigenvalue weighted by Crippen LogP contribution is 2.49. The zero-order chi connectivity index (χ0) is 39.1. The molecule has 0 bridgehead atoms. The Kier molecular flexibility index (Phi) is 10.9. The van der Waals surface area contributed by atoms with Crippen LogP contribution in [0.5, 0.6) is 0 Å². The molecule has 2 saturated carbocycles. The molecule has 1 aromatic carbocycles. The summed E-state index contributed by atoms with van der Waals surface area (Å²) in [6.45, 7) is 8.64. The number of benzene rings is 1. The monoisotopic (exact) mass is 771 g/mol. The highest BCUT2D eigenvalue weighted by atomic mass is 32.2. The van der Waals surface area contributed by atoms with Gasteiger partial charge >= 0.3 is 12.2 Å². The lowest BCUT2D eigenvalue weighted by Gasteiger charge is -2.30. The van der Waals surface area contributed by atoms with Crippen LogP contribution in [0.4, 0.5) is 14.0 Å². The molecule has 294 valence electrons. The molecule has 0 spiro atoms. The van der Waals surface area contributed by atoms with Gasteiger partial charge in [0, 0.05) is 24.4 Å². The van der Waals surface area contributed by atoms with Crippen molar-refractivity contribution in [3.63, 3.8) is 0 Å². The van der Waals surface area contributed by atoms with Crippen LogP contribution in [0, 0.1) is 11.7 Å². The van der Waals surface area contributed by atoms with Gasteiger partial charge in [-0.25, -0.2) is 22.4 Å². The summed E-state index contributed by atoms with van der Waals surface area (Å²) in [5.41, 5.74) is -1.42. The molecular weight excluding hydrogens is 722 g/mol. The molecule has 0 unspecified atom stereocenters. The number of sulfonamides is 1. The third-order valence-electron chi connectivity index (χ3n) is 10.9. The van der Waals surface area contributed by atoms with Gasteiger partial charge < -0.3 is 25.0 Å². The van der Waals surface area contributed by atoms with E-state index < -0.39 is 85.7 Å². The Hall–Kier alpha value is -4.47. The van der Waals surface area contributed by atoms with E-state index in [9.17, 15) is 36.8 Å². The van der Waals surface area contributed by atoms with E-state index in [1.807, 2.05) is 12.2 Å². The Morgan fingerprint density at radius 3 is 2.57 bits per heavy atom. The van der Waals surface area contributed by atoms with Gasteiger partial charge in [0.1, 0.15) is 35.1 Å². The fraction of sp³-hybridized carbons (Fsp3) is 0.605. The summed E-state index contributed by atoms with van der Waals surface area (Å²) in [4.78, 5) is 71.5. The number of halogens is 1. The van der Waals surface area contributed by atoms with E-state index in [4.69, 9.17) is 9.47 Å². The maximum absolute atomic E-state index is 14.4. The number of amides is 5. The summed E-state index contributed by atoms with van der Waals surface area (Å²) >= 11 is 0. The third-order valence-corrected chi connectivity index (χ3v) is 13.1. The topological polar surface area (TPSA) is 181 Å². The summed E-state index contributed by atoms with van der Waals surface area (Å²) in [6, 6.07) is 2.26. The Labute approximate surface area is 315 Å². The third kappa shape index (κ3) is 8.27. The Morgan fingerprint density at radius 2 is 1.89 bits per heavy atom. The van der Waals surface area contributed by atoms with Gasteiger partial charge in [-0.3, -0.25) is 24.0 Å². The molecule has 3 N–H and O–H groups in total. The first-order chi connectivity index (χ1) is 25.5. The van der Waals surface area contributed by atoms with Crippen LogP contribution < -0.4 is 15.4 Å². The standard InChI is InChI=1S/C38H50FN5O9S/c1-5-16-37(17-18-37)54(50,51)42-33(47)38-20-25(38)13-9-7-6-8-10-15-29(40-34(48)53-36(2,3)4)32(46)44-22-26(19-30(44)31(45)41-38)52-35(49)43-21-24-12-11-14-28(39)27(24)23-43/h5,9,11-14,25-26,29-30H,1,6-8,10,15-23H2,2-4H3,(H,40,48)(H,41,45)(H,42,47)/b13-9-/t25-,26-,29+,30+,38-/m1/s1. The van der Waals surface area contributed by atoms with Crippen molar-refractivity contribution in [1.29, 1.82) is 0 Å². The van der Waals surface area contributed by atoms with E-state index in [1.165, 1.54) is 21.9 Å². The van der Waals surface area contributed by atoms with E-state index >= 15 is 0 Å². The molecule has 6 rings (SSSR count). The second kappa shape index (κ2) is 15.0. The maximum atomic E-state index is 14.4. The lowest BCUT2D eigenvalue weighted by molar-refractivity contribution is -0.141. The Bertz CT molecular complexity index is 1840. The summed E-state index contributed by atoms with van der Waals surface area (Å²) in [6.07, 6.45) is 6.52. The van der Waals surface area contributed by atoms with E-state index in [0.717, 1.165) is 6.42 Å². The molecule has 54 heavy (non-hydrogen) atoms. The maximum Gasteiger partial charge on any atom is 0.410 e. The van der Waals surface area contributed by atoms with Crippen molar-refractivity contribution in [2.45, 2.75) is 132 Å². The van der Waals surface area contributed by atoms with Crippen LogP contribution in [-0.2, 0) is 47.0 Å². The van der Waals surface area contributed by atoms with Crippen LogP contribution >= 0.6 is 0 Å².